The van der Waals surface area contributed by atoms with E-state index in [2.05, 4.69) is 24.5 Å². The Labute approximate surface area is 312 Å². The van der Waals surface area contributed by atoms with Crippen LogP contribution in [0.15, 0.2) is 24.3 Å². The summed E-state index contributed by atoms with van der Waals surface area (Å²) in [5.74, 6) is -1.26. The molecule has 51 heavy (non-hydrogen) atoms. The molecule has 2 N–H and O–H groups in total. The quantitative estimate of drug-likeness (QED) is 0.200. The van der Waals surface area contributed by atoms with Crippen LogP contribution < -0.4 is 10.6 Å². The van der Waals surface area contributed by atoms with Gasteiger partial charge < -0.3 is 29.9 Å². The number of benzene rings is 1. The minimum Gasteiger partial charge on any atom is -0.379 e. The van der Waals surface area contributed by atoms with Crippen molar-refractivity contribution < 1.29 is 28.7 Å². The molecule has 0 radical (unpaired) electrons. The van der Waals surface area contributed by atoms with E-state index in [4.69, 9.17) is 21.1 Å². The third kappa shape index (κ3) is 11.9. The maximum atomic E-state index is 14.2. The van der Waals surface area contributed by atoms with Crippen LogP contribution in [0.5, 0.6) is 0 Å². The molecular weight excluding hydrogens is 670 g/mol. The number of carbonyl (C=O) groups excluding carboxylic acids is 4. The van der Waals surface area contributed by atoms with E-state index in [-0.39, 0.29) is 59.9 Å². The molecule has 1 aliphatic heterocycles. The van der Waals surface area contributed by atoms with Crippen LogP contribution in [0.2, 0.25) is 5.02 Å². The van der Waals surface area contributed by atoms with Gasteiger partial charge in [-0.25, -0.2) is 0 Å². The second-order valence-corrected chi connectivity index (χ2v) is 15.5. The predicted molar refractivity (Wildman–Crippen MR) is 203 cm³/mol. The Bertz CT molecular complexity index is 1270. The lowest BCUT2D eigenvalue weighted by atomic mass is 9.89. The van der Waals surface area contributed by atoms with Gasteiger partial charge in [-0.2, -0.15) is 0 Å². The summed E-state index contributed by atoms with van der Waals surface area (Å²) in [4.78, 5) is 60.3. The molecule has 12 heteroatoms. The van der Waals surface area contributed by atoms with Crippen molar-refractivity contribution in [2.24, 2.45) is 23.7 Å². The number of rotatable bonds is 20. The maximum Gasteiger partial charge on any atom is 0.245 e. The maximum absolute atomic E-state index is 14.2. The highest BCUT2D eigenvalue weighted by Gasteiger charge is 2.43. The number of likely N-dealkylation sites (tertiary alicyclic amines) is 1. The van der Waals surface area contributed by atoms with Crippen molar-refractivity contribution in [1.29, 1.82) is 0 Å². The zero-order valence-corrected chi connectivity index (χ0v) is 34.0. The van der Waals surface area contributed by atoms with Gasteiger partial charge in [-0.15, -0.1) is 0 Å². The van der Waals surface area contributed by atoms with Gasteiger partial charge in [-0.1, -0.05) is 84.7 Å². The summed E-state index contributed by atoms with van der Waals surface area (Å²) in [6.07, 6.45) is 1.83. The monoisotopic (exact) mass is 735 g/mol. The Hall–Kier alpha value is -2.73. The molecule has 1 saturated heterocycles. The first-order chi connectivity index (χ1) is 24.0. The molecule has 4 amide bonds. The van der Waals surface area contributed by atoms with Gasteiger partial charge in [0.1, 0.15) is 6.04 Å². The molecule has 0 aliphatic carbocycles. The zero-order valence-electron chi connectivity index (χ0n) is 33.2. The van der Waals surface area contributed by atoms with Crippen LogP contribution in [0, 0.1) is 23.7 Å². The van der Waals surface area contributed by atoms with Crippen molar-refractivity contribution >= 4 is 35.2 Å². The molecule has 1 fully saturated rings. The molecule has 11 nitrogen and oxygen atoms in total. The van der Waals surface area contributed by atoms with Crippen LogP contribution in [-0.2, 0) is 35.1 Å². The minimum atomic E-state index is -0.744. The molecule has 1 aromatic rings. The number of likely N-dealkylation sites (N-methyl/N-ethyl adjacent to an activating group) is 2. The number of methoxy groups -OCH3 is 2. The number of hydrogen-bond donors (Lipinski definition) is 2. The average molecular weight is 736 g/mol. The van der Waals surface area contributed by atoms with Gasteiger partial charge in [0.05, 0.1) is 42.7 Å². The Kier molecular flexibility index (Phi) is 18.4. The highest BCUT2D eigenvalue weighted by atomic mass is 35.5. The molecular formula is C39H66ClN5O6. The first kappa shape index (κ1) is 44.4. The van der Waals surface area contributed by atoms with Gasteiger partial charge >= 0.3 is 0 Å². The van der Waals surface area contributed by atoms with Gasteiger partial charge in [0.25, 0.3) is 0 Å². The van der Waals surface area contributed by atoms with Crippen LogP contribution in [0.1, 0.15) is 79.7 Å². The number of hydrogen-bond acceptors (Lipinski definition) is 7. The summed E-state index contributed by atoms with van der Waals surface area (Å²) in [6.45, 7) is 14.7. The zero-order chi connectivity index (χ0) is 38.6. The third-order valence-electron chi connectivity index (χ3n) is 10.6. The topological polar surface area (TPSA) is 121 Å². The molecule has 0 saturated carbocycles. The third-order valence-corrected chi connectivity index (χ3v) is 11.0. The second-order valence-electron chi connectivity index (χ2n) is 15.1. The lowest BCUT2D eigenvalue weighted by Gasteiger charge is -2.41. The molecule has 1 heterocycles. The van der Waals surface area contributed by atoms with E-state index in [1.54, 1.807) is 26.2 Å². The fourth-order valence-electron chi connectivity index (χ4n) is 7.59. The molecule has 0 spiro atoms. The Balaban J connectivity index is 2.21. The van der Waals surface area contributed by atoms with Gasteiger partial charge in [0.2, 0.25) is 23.6 Å². The smallest absolute Gasteiger partial charge is 0.245 e. The largest absolute Gasteiger partial charge is 0.379 e. The van der Waals surface area contributed by atoms with Gasteiger partial charge in [0.15, 0.2) is 0 Å². The normalized spacial score (nSPS) is 19.0. The van der Waals surface area contributed by atoms with E-state index in [0.29, 0.717) is 31.0 Å². The van der Waals surface area contributed by atoms with Crippen molar-refractivity contribution in [1.82, 2.24) is 25.3 Å². The Morgan fingerprint density at radius 3 is 2.14 bits per heavy atom. The Morgan fingerprint density at radius 2 is 1.61 bits per heavy atom. The van der Waals surface area contributed by atoms with E-state index < -0.39 is 30.2 Å². The Morgan fingerprint density at radius 1 is 0.961 bits per heavy atom. The minimum absolute atomic E-state index is 0.000912. The molecule has 1 aliphatic rings. The number of amides is 4. The average Bonchev–Trinajstić information content (AvgIpc) is 3.56. The second kappa shape index (κ2) is 21.1. The van der Waals surface area contributed by atoms with E-state index in [0.717, 1.165) is 18.4 Å². The molecule has 8 atom stereocenters. The summed E-state index contributed by atoms with van der Waals surface area (Å²) in [5, 5.41) is 6.73. The van der Waals surface area contributed by atoms with Crippen molar-refractivity contribution in [2.75, 3.05) is 48.5 Å². The van der Waals surface area contributed by atoms with Gasteiger partial charge in [0, 0.05) is 39.4 Å². The lowest BCUT2D eigenvalue weighted by molar-refractivity contribution is -0.148. The first-order valence-corrected chi connectivity index (χ1v) is 19.0. The van der Waals surface area contributed by atoms with Crippen LogP contribution in [0.4, 0.5) is 0 Å². The highest BCUT2D eigenvalue weighted by Crippen LogP contribution is 2.30. The summed E-state index contributed by atoms with van der Waals surface area (Å²) in [6, 6.07) is 5.74. The standard InChI is InChI=1S/C39H66ClN5O6/c1-13-26(6)35(44(10)39(49)33(24(2)3)42-38(48)34(25(4)5)43(8)9)31(50-11)23-32(46)45-22-16-19-30(45)36(51-12)27(7)37(47)41-21-20-28-17-14-15-18-29(28)40/h14-15,17-18,24-27,30-31,33-36H,13,16,19-23H2,1-12H3,(H,41,47)(H,42,48)/t26-,27+,30-,31+,33-,34-,35-,36+/m0/s1. The van der Waals surface area contributed by atoms with E-state index >= 15 is 0 Å². The summed E-state index contributed by atoms with van der Waals surface area (Å²) in [5.41, 5.74) is 0.965. The lowest BCUT2D eigenvalue weighted by Crippen LogP contribution is -2.59. The van der Waals surface area contributed by atoms with Crippen molar-refractivity contribution in [2.45, 2.75) is 117 Å². The fourth-order valence-corrected chi connectivity index (χ4v) is 7.82. The van der Waals surface area contributed by atoms with Gasteiger partial charge in [-0.05, 0) is 62.7 Å². The summed E-state index contributed by atoms with van der Waals surface area (Å²) in [7, 11) is 8.63. The molecule has 0 bridgehead atoms. The van der Waals surface area contributed by atoms with Crippen LogP contribution in [0.25, 0.3) is 0 Å². The number of nitrogens with one attached hydrogen (secondary N) is 2. The van der Waals surface area contributed by atoms with Crippen molar-refractivity contribution in [3.8, 4) is 0 Å². The molecule has 1 aromatic carbocycles. The molecule has 290 valence electrons. The molecule has 0 aromatic heterocycles. The van der Waals surface area contributed by atoms with Crippen LogP contribution in [-0.4, -0.2) is 123 Å². The summed E-state index contributed by atoms with van der Waals surface area (Å²) >= 11 is 6.29. The molecule has 2 rings (SSSR count). The fraction of sp³-hybridized carbons (Fsp3) is 0.744. The molecule has 0 unspecified atom stereocenters. The summed E-state index contributed by atoms with van der Waals surface area (Å²) < 4.78 is 11.9. The number of carbonyl (C=O) groups is 4. The predicted octanol–water partition coefficient (Wildman–Crippen LogP) is 4.65. The van der Waals surface area contributed by atoms with E-state index in [9.17, 15) is 19.2 Å². The number of nitrogens with zero attached hydrogens (tertiary/aromatic N) is 3. The van der Waals surface area contributed by atoms with E-state index in [1.807, 2.05) is 82.8 Å². The number of halogens is 1. The highest BCUT2D eigenvalue weighted by molar-refractivity contribution is 6.31. The van der Waals surface area contributed by atoms with E-state index in [1.165, 1.54) is 0 Å². The van der Waals surface area contributed by atoms with Crippen molar-refractivity contribution in [3.05, 3.63) is 34.9 Å². The SMILES string of the molecule is CC[C@H](C)[C@@H]([C@@H](CC(=O)N1CCC[C@H]1[C@H](OC)[C@@H](C)C(=O)NCCc1ccccc1Cl)OC)N(C)C(=O)[C@@H](NC(=O)[C@H](C(C)C)N(C)C)C(C)C. The van der Waals surface area contributed by atoms with Crippen LogP contribution >= 0.6 is 11.6 Å². The van der Waals surface area contributed by atoms with Gasteiger partial charge in [-0.3, -0.25) is 24.1 Å². The van der Waals surface area contributed by atoms with Crippen LogP contribution in [0.3, 0.4) is 0 Å². The van der Waals surface area contributed by atoms with Crippen molar-refractivity contribution in [3.63, 3.8) is 0 Å². The number of ether oxygens (including phenoxy) is 2. The first-order valence-electron chi connectivity index (χ1n) is 18.6.